The van der Waals surface area contributed by atoms with Gasteiger partial charge >= 0.3 is 0 Å². The summed E-state index contributed by atoms with van der Waals surface area (Å²) in [5, 5.41) is 3.20. The molecule has 0 saturated carbocycles. The van der Waals surface area contributed by atoms with E-state index in [0.717, 1.165) is 37.4 Å². The van der Waals surface area contributed by atoms with Gasteiger partial charge < -0.3 is 10.3 Å². The fourth-order valence-corrected chi connectivity index (χ4v) is 3.19. The van der Waals surface area contributed by atoms with Gasteiger partial charge in [-0.3, -0.25) is 4.79 Å². The van der Waals surface area contributed by atoms with E-state index < -0.39 is 0 Å². The molecule has 1 unspecified atom stereocenters. The Hall–Kier alpha value is -0.970. The van der Waals surface area contributed by atoms with Gasteiger partial charge in [0.05, 0.1) is 5.25 Å². The van der Waals surface area contributed by atoms with Crippen molar-refractivity contribution in [3.8, 4) is 0 Å². The number of aromatic nitrogens is 2. The predicted octanol–water partition coefficient (Wildman–Crippen LogP) is 1.74. The van der Waals surface area contributed by atoms with Gasteiger partial charge in [0.1, 0.15) is 5.82 Å². The van der Waals surface area contributed by atoms with Crippen molar-refractivity contribution in [2.45, 2.75) is 37.4 Å². The van der Waals surface area contributed by atoms with Crippen LogP contribution in [0.3, 0.4) is 0 Å². The van der Waals surface area contributed by atoms with Crippen molar-refractivity contribution in [2.75, 3.05) is 12.3 Å². The van der Waals surface area contributed by atoms with E-state index in [-0.39, 0.29) is 11.2 Å². The summed E-state index contributed by atoms with van der Waals surface area (Å²) in [7, 11) is 0. The summed E-state index contributed by atoms with van der Waals surface area (Å²) in [6.07, 6.45) is 8.90. The predicted molar refractivity (Wildman–Crippen MR) is 70.0 cm³/mol. The van der Waals surface area contributed by atoms with Crippen LogP contribution in [0.4, 0.5) is 0 Å². The van der Waals surface area contributed by atoms with Crippen LogP contribution in [0.2, 0.25) is 0 Å². The summed E-state index contributed by atoms with van der Waals surface area (Å²) in [4.78, 5) is 19.0. The number of hydrogen-bond donors (Lipinski definition) is 2. The highest BCUT2D eigenvalue weighted by Gasteiger charge is 2.20. The number of nitrogens with one attached hydrogen (secondary N) is 2. The monoisotopic (exact) mass is 253 g/mol. The Morgan fingerprint density at radius 1 is 1.59 bits per heavy atom. The van der Waals surface area contributed by atoms with Crippen molar-refractivity contribution in [3.05, 3.63) is 18.2 Å². The number of carbonyl (C=O) groups excluding carboxylic acids is 1. The Kier molecular flexibility index (Phi) is 4.91. The minimum atomic E-state index is 0.187. The molecule has 2 rings (SSSR count). The first-order valence-corrected chi connectivity index (χ1v) is 7.29. The first kappa shape index (κ1) is 12.5. The van der Waals surface area contributed by atoms with E-state index in [2.05, 4.69) is 15.3 Å². The summed E-state index contributed by atoms with van der Waals surface area (Å²) in [5.41, 5.74) is 0. The van der Waals surface area contributed by atoms with Gasteiger partial charge in [0, 0.05) is 25.4 Å². The van der Waals surface area contributed by atoms with Gasteiger partial charge in [-0.2, -0.15) is 0 Å². The fourth-order valence-electron chi connectivity index (χ4n) is 1.96. The molecule has 94 valence electrons. The van der Waals surface area contributed by atoms with E-state index in [1.165, 1.54) is 12.8 Å². The molecule has 1 saturated heterocycles. The third-order valence-electron chi connectivity index (χ3n) is 2.92. The molecule has 1 amide bonds. The summed E-state index contributed by atoms with van der Waals surface area (Å²) in [5.74, 6) is 2.34. The molecule has 5 heteroatoms. The van der Waals surface area contributed by atoms with Crippen molar-refractivity contribution >= 4 is 17.7 Å². The maximum Gasteiger partial charge on any atom is 0.233 e. The topological polar surface area (TPSA) is 57.8 Å². The Labute approximate surface area is 106 Å². The Morgan fingerprint density at radius 2 is 2.53 bits per heavy atom. The van der Waals surface area contributed by atoms with Crippen molar-refractivity contribution in [3.63, 3.8) is 0 Å². The Balaban J connectivity index is 1.59. The lowest BCUT2D eigenvalue weighted by Gasteiger charge is -2.20. The van der Waals surface area contributed by atoms with Gasteiger partial charge in [-0.25, -0.2) is 4.98 Å². The maximum atomic E-state index is 11.8. The Morgan fingerprint density at radius 3 is 3.24 bits per heavy atom. The van der Waals surface area contributed by atoms with Gasteiger partial charge in [-0.15, -0.1) is 11.8 Å². The van der Waals surface area contributed by atoms with E-state index in [0.29, 0.717) is 0 Å². The Bertz CT molecular complexity index is 334. The summed E-state index contributed by atoms with van der Waals surface area (Å²) >= 11 is 1.80. The fraction of sp³-hybridized carbons (Fsp3) is 0.667. The number of thioether (sulfide) groups is 1. The lowest BCUT2D eigenvalue weighted by Crippen LogP contribution is -2.34. The molecule has 4 nitrogen and oxygen atoms in total. The van der Waals surface area contributed by atoms with Crippen molar-refractivity contribution in [1.29, 1.82) is 0 Å². The van der Waals surface area contributed by atoms with Gasteiger partial charge in [0.15, 0.2) is 0 Å². The molecule has 2 heterocycles. The number of amides is 1. The lowest BCUT2D eigenvalue weighted by molar-refractivity contribution is -0.120. The second-order valence-corrected chi connectivity index (χ2v) is 5.60. The number of nitrogens with zero attached hydrogens (tertiary/aromatic N) is 1. The molecule has 1 aromatic rings. The molecule has 1 aliphatic rings. The minimum absolute atomic E-state index is 0.187. The second kappa shape index (κ2) is 6.69. The average Bonchev–Trinajstić information content (AvgIpc) is 2.88. The zero-order chi connectivity index (χ0) is 11.9. The van der Waals surface area contributed by atoms with Crippen LogP contribution in [-0.2, 0) is 11.2 Å². The van der Waals surface area contributed by atoms with Crippen molar-refractivity contribution < 1.29 is 4.79 Å². The number of rotatable bonds is 5. The molecule has 0 radical (unpaired) electrons. The molecular weight excluding hydrogens is 234 g/mol. The highest BCUT2D eigenvalue weighted by molar-refractivity contribution is 8.00. The summed E-state index contributed by atoms with van der Waals surface area (Å²) < 4.78 is 0. The van der Waals surface area contributed by atoms with Crippen LogP contribution >= 0.6 is 11.8 Å². The number of aromatic amines is 1. The molecule has 17 heavy (non-hydrogen) atoms. The third kappa shape index (κ3) is 4.07. The molecule has 0 spiro atoms. The van der Waals surface area contributed by atoms with E-state index in [4.69, 9.17) is 0 Å². The van der Waals surface area contributed by atoms with Crippen LogP contribution < -0.4 is 5.32 Å². The highest BCUT2D eigenvalue weighted by atomic mass is 32.2. The molecule has 0 aromatic carbocycles. The van der Waals surface area contributed by atoms with Gasteiger partial charge in [0.2, 0.25) is 5.91 Å². The molecule has 1 aliphatic heterocycles. The van der Waals surface area contributed by atoms with E-state index in [1.54, 1.807) is 18.0 Å². The molecule has 0 aliphatic carbocycles. The van der Waals surface area contributed by atoms with Gasteiger partial charge in [-0.05, 0) is 25.0 Å². The molecule has 1 aromatic heterocycles. The molecule has 0 bridgehead atoms. The normalized spacial score (nSPS) is 20.1. The number of carbonyl (C=O) groups is 1. The average molecular weight is 253 g/mol. The van der Waals surface area contributed by atoms with Crippen LogP contribution in [0.25, 0.3) is 0 Å². The quantitative estimate of drug-likeness (QED) is 0.786. The standard InChI is InChI=1S/C12H19N3OS/c16-12(10-4-1-2-9-17-10)15-6-3-5-11-13-7-8-14-11/h7-8,10H,1-6,9H2,(H,13,14)(H,15,16). The second-order valence-electron chi connectivity index (χ2n) is 4.29. The first-order chi connectivity index (χ1) is 8.36. The molecule has 2 N–H and O–H groups in total. The number of aryl methyl sites for hydroxylation is 1. The largest absolute Gasteiger partial charge is 0.355 e. The molecule has 1 atom stereocenters. The SMILES string of the molecule is O=C(NCCCc1ncc[nH]1)C1CCCCS1. The molecular formula is C12H19N3OS. The van der Waals surface area contributed by atoms with Crippen LogP contribution in [-0.4, -0.2) is 33.4 Å². The highest BCUT2D eigenvalue weighted by Crippen LogP contribution is 2.24. The zero-order valence-corrected chi connectivity index (χ0v) is 10.8. The van der Waals surface area contributed by atoms with Crippen molar-refractivity contribution in [1.82, 2.24) is 15.3 Å². The zero-order valence-electron chi connectivity index (χ0n) is 9.95. The van der Waals surface area contributed by atoms with Gasteiger partial charge in [-0.1, -0.05) is 6.42 Å². The summed E-state index contributed by atoms with van der Waals surface area (Å²) in [6.45, 7) is 0.747. The lowest BCUT2D eigenvalue weighted by atomic mass is 10.2. The summed E-state index contributed by atoms with van der Waals surface area (Å²) in [6, 6.07) is 0. The van der Waals surface area contributed by atoms with E-state index in [1.807, 2.05) is 6.20 Å². The number of hydrogen-bond acceptors (Lipinski definition) is 3. The van der Waals surface area contributed by atoms with E-state index >= 15 is 0 Å². The minimum Gasteiger partial charge on any atom is -0.355 e. The first-order valence-electron chi connectivity index (χ1n) is 6.24. The maximum absolute atomic E-state index is 11.8. The number of imidazole rings is 1. The van der Waals surface area contributed by atoms with Gasteiger partial charge in [0.25, 0.3) is 0 Å². The van der Waals surface area contributed by atoms with Crippen LogP contribution in [0.5, 0.6) is 0 Å². The van der Waals surface area contributed by atoms with Crippen molar-refractivity contribution in [2.24, 2.45) is 0 Å². The third-order valence-corrected chi connectivity index (χ3v) is 4.29. The smallest absolute Gasteiger partial charge is 0.233 e. The van der Waals surface area contributed by atoms with Crippen LogP contribution in [0, 0.1) is 0 Å². The van der Waals surface area contributed by atoms with E-state index in [9.17, 15) is 4.79 Å². The van der Waals surface area contributed by atoms with Crippen LogP contribution in [0.15, 0.2) is 12.4 Å². The van der Waals surface area contributed by atoms with Crippen LogP contribution in [0.1, 0.15) is 31.5 Å². The molecule has 1 fully saturated rings. The number of H-pyrrole nitrogens is 1.